The fourth-order valence-electron chi connectivity index (χ4n) is 4.77. The molecule has 0 saturated carbocycles. The number of hydrogen-bond acceptors (Lipinski definition) is 7. The molecule has 9 nitrogen and oxygen atoms in total. The summed E-state index contributed by atoms with van der Waals surface area (Å²) < 4.78 is 45.7. The topological polar surface area (TPSA) is 92.6 Å². The van der Waals surface area contributed by atoms with E-state index in [9.17, 15) is 22.8 Å². The number of hydrogen-bond donors (Lipinski definition) is 1. The van der Waals surface area contributed by atoms with E-state index >= 15 is 0 Å². The van der Waals surface area contributed by atoms with Gasteiger partial charge in [-0.05, 0) is 76.1 Å². The summed E-state index contributed by atoms with van der Waals surface area (Å²) >= 11 is 0. The number of carbonyl (C=O) groups is 2. The van der Waals surface area contributed by atoms with Crippen molar-refractivity contribution in [2.75, 3.05) is 41.8 Å². The number of halogens is 3. The Hall–Kier alpha value is -4.35. The highest BCUT2D eigenvalue weighted by molar-refractivity contribution is 5.85. The molecule has 3 aromatic rings. The van der Waals surface area contributed by atoms with E-state index in [2.05, 4.69) is 20.3 Å². The molecule has 1 aromatic carbocycles. The van der Waals surface area contributed by atoms with E-state index in [4.69, 9.17) is 4.74 Å². The van der Waals surface area contributed by atoms with Gasteiger partial charge in [0.05, 0.1) is 17.8 Å². The number of likely N-dealkylation sites (N-methyl/N-ethyl adjacent to an activating group) is 1. The standard InChI is InChI=1S/C30H35F3N6O3/c1-20(18-37(5)23-11-9-22(10-12-23)30(31,32)33)39-25(19-40)24(17-34-39)21-13-15-38(16-14-21)27-8-6-7-26(35-27)36-28(41)42-29(2,3)4/h6-13,17,19-20H,14-16,18H2,1-5H3,(H,35,36,41). The van der Waals surface area contributed by atoms with Crippen LogP contribution < -0.4 is 15.1 Å². The van der Waals surface area contributed by atoms with E-state index in [0.717, 1.165) is 29.6 Å². The lowest BCUT2D eigenvalue weighted by atomic mass is 10.00. The Labute approximate surface area is 243 Å². The van der Waals surface area contributed by atoms with Crippen LogP contribution in [-0.2, 0) is 10.9 Å². The maximum absolute atomic E-state index is 12.9. The SMILES string of the molecule is CC(CN(C)c1ccc(C(F)(F)F)cc1)n1ncc(C2=CCN(c3cccc(NC(=O)OC(C)(C)C)n3)CC2)c1C=O. The first kappa shape index (κ1) is 30.6. The molecule has 1 aliphatic heterocycles. The van der Waals surface area contributed by atoms with Crippen LogP contribution >= 0.6 is 0 Å². The lowest BCUT2D eigenvalue weighted by Gasteiger charge is -2.28. The van der Waals surface area contributed by atoms with Gasteiger partial charge in [0.25, 0.3) is 0 Å². The number of nitrogens with zero attached hydrogens (tertiary/aromatic N) is 5. The van der Waals surface area contributed by atoms with Gasteiger partial charge in [0.2, 0.25) is 0 Å². The highest BCUT2D eigenvalue weighted by Crippen LogP contribution is 2.31. The smallest absolute Gasteiger partial charge is 0.416 e. The molecule has 1 aliphatic rings. The van der Waals surface area contributed by atoms with Crippen molar-refractivity contribution in [3.8, 4) is 0 Å². The molecule has 2 aromatic heterocycles. The molecule has 1 N–H and O–H groups in total. The second-order valence-corrected chi connectivity index (χ2v) is 11.2. The normalized spacial score (nSPS) is 14.7. The predicted molar refractivity (Wildman–Crippen MR) is 156 cm³/mol. The van der Waals surface area contributed by atoms with Crippen molar-refractivity contribution in [2.24, 2.45) is 0 Å². The number of anilines is 3. The minimum absolute atomic E-state index is 0.226. The van der Waals surface area contributed by atoms with Crippen LogP contribution in [0, 0.1) is 0 Å². The average Bonchev–Trinajstić information content (AvgIpc) is 3.36. The number of pyridine rings is 1. The van der Waals surface area contributed by atoms with Crippen LogP contribution in [0.4, 0.5) is 35.3 Å². The van der Waals surface area contributed by atoms with E-state index in [0.29, 0.717) is 49.1 Å². The van der Waals surface area contributed by atoms with Crippen LogP contribution in [-0.4, -0.2) is 59.4 Å². The first-order valence-electron chi connectivity index (χ1n) is 13.6. The van der Waals surface area contributed by atoms with Crippen molar-refractivity contribution >= 4 is 35.3 Å². The van der Waals surface area contributed by atoms with Gasteiger partial charge in [0.1, 0.15) is 22.9 Å². The third-order valence-corrected chi connectivity index (χ3v) is 6.78. The number of aromatic nitrogens is 3. The Kier molecular flexibility index (Phi) is 8.93. The van der Waals surface area contributed by atoms with Crippen LogP contribution in [0.3, 0.4) is 0 Å². The summed E-state index contributed by atoms with van der Waals surface area (Å²) in [7, 11) is 1.79. The van der Waals surface area contributed by atoms with Crippen molar-refractivity contribution in [2.45, 2.75) is 51.9 Å². The highest BCUT2D eigenvalue weighted by Gasteiger charge is 2.30. The number of benzene rings is 1. The molecule has 0 aliphatic carbocycles. The molecule has 0 spiro atoms. The number of rotatable bonds is 8. The summed E-state index contributed by atoms with van der Waals surface area (Å²) in [4.78, 5) is 32.7. The van der Waals surface area contributed by atoms with Gasteiger partial charge < -0.3 is 14.5 Å². The third kappa shape index (κ3) is 7.48. The summed E-state index contributed by atoms with van der Waals surface area (Å²) in [6, 6.07) is 10.1. The lowest BCUT2D eigenvalue weighted by molar-refractivity contribution is -0.137. The van der Waals surface area contributed by atoms with Crippen molar-refractivity contribution in [3.05, 3.63) is 71.6 Å². The molecular weight excluding hydrogens is 549 g/mol. The monoisotopic (exact) mass is 584 g/mol. The maximum Gasteiger partial charge on any atom is 0.416 e. The van der Waals surface area contributed by atoms with Crippen molar-refractivity contribution < 1.29 is 27.5 Å². The van der Waals surface area contributed by atoms with Gasteiger partial charge in [-0.25, -0.2) is 9.78 Å². The fraction of sp³-hybridized carbons (Fsp3) is 0.400. The summed E-state index contributed by atoms with van der Waals surface area (Å²) in [5, 5.41) is 7.15. The van der Waals surface area contributed by atoms with Crippen molar-refractivity contribution in [3.63, 3.8) is 0 Å². The number of aldehydes is 1. The Balaban J connectivity index is 1.42. The first-order chi connectivity index (χ1) is 19.7. The fourth-order valence-corrected chi connectivity index (χ4v) is 4.77. The molecule has 1 atom stereocenters. The second-order valence-electron chi connectivity index (χ2n) is 11.2. The Morgan fingerprint density at radius 1 is 1.17 bits per heavy atom. The second kappa shape index (κ2) is 12.3. The Bertz CT molecular complexity index is 1440. The Morgan fingerprint density at radius 2 is 1.88 bits per heavy atom. The largest absolute Gasteiger partial charge is 0.444 e. The van der Waals surface area contributed by atoms with Crippen LogP contribution in [0.15, 0.2) is 54.7 Å². The zero-order valence-electron chi connectivity index (χ0n) is 24.3. The number of carbonyl (C=O) groups excluding carboxylic acids is 2. The number of alkyl halides is 3. The molecule has 42 heavy (non-hydrogen) atoms. The van der Waals surface area contributed by atoms with Crippen LogP contribution in [0.25, 0.3) is 5.57 Å². The summed E-state index contributed by atoms with van der Waals surface area (Å²) in [6.07, 6.45) is 0.191. The summed E-state index contributed by atoms with van der Waals surface area (Å²) in [5.41, 5.74) is 1.50. The minimum atomic E-state index is -4.39. The average molecular weight is 585 g/mol. The van der Waals surface area contributed by atoms with Gasteiger partial charge in [-0.15, -0.1) is 0 Å². The molecular formula is C30H35F3N6O3. The van der Waals surface area contributed by atoms with E-state index in [-0.39, 0.29) is 6.04 Å². The van der Waals surface area contributed by atoms with E-state index in [1.54, 1.807) is 44.8 Å². The first-order valence-corrected chi connectivity index (χ1v) is 13.6. The zero-order chi connectivity index (χ0) is 30.7. The van der Waals surface area contributed by atoms with Gasteiger partial charge >= 0.3 is 12.3 Å². The molecule has 0 radical (unpaired) electrons. The number of amides is 1. The van der Waals surface area contributed by atoms with Crippen LogP contribution in [0.5, 0.6) is 0 Å². The van der Waals surface area contributed by atoms with Gasteiger partial charge in [-0.1, -0.05) is 12.1 Å². The molecule has 12 heteroatoms. The van der Waals surface area contributed by atoms with Gasteiger partial charge in [-0.2, -0.15) is 18.3 Å². The van der Waals surface area contributed by atoms with E-state index in [1.165, 1.54) is 12.1 Å². The molecule has 0 bridgehead atoms. The van der Waals surface area contributed by atoms with Crippen molar-refractivity contribution in [1.82, 2.24) is 14.8 Å². The minimum Gasteiger partial charge on any atom is -0.444 e. The maximum atomic E-state index is 12.9. The molecule has 0 saturated heterocycles. The van der Waals surface area contributed by atoms with E-state index < -0.39 is 23.4 Å². The van der Waals surface area contributed by atoms with Crippen molar-refractivity contribution in [1.29, 1.82) is 0 Å². The van der Waals surface area contributed by atoms with Gasteiger partial charge in [0.15, 0.2) is 6.29 Å². The summed E-state index contributed by atoms with van der Waals surface area (Å²) in [5.74, 6) is 1.08. The lowest BCUT2D eigenvalue weighted by Crippen LogP contribution is -2.30. The molecule has 224 valence electrons. The van der Waals surface area contributed by atoms with E-state index in [1.807, 2.05) is 30.0 Å². The molecule has 1 unspecified atom stereocenters. The van der Waals surface area contributed by atoms with Gasteiger partial charge in [-0.3, -0.25) is 14.8 Å². The molecule has 1 amide bonds. The zero-order valence-corrected chi connectivity index (χ0v) is 24.3. The highest BCUT2D eigenvalue weighted by atomic mass is 19.4. The van der Waals surface area contributed by atoms with Crippen LogP contribution in [0.1, 0.15) is 61.8 Å². The molecule has 0 fully saturated rings. The summed E-state index contributed by atoms with van der Waals surface area (Å²) in [6.45, 7) is 8.89. The van der Waals surface area contributed by atoms with Crippen LogP contribution in [0.2, 0.25) is 0 Å². The third-order valence-electron chi connectivity index (χ3n) is 6.78. The molecule has 3 heterocycles. The molecule has 4 rings (SSSR count). The quantitative estimate of drug-likeness (QED) is 0.304. The number of ether oxygens (including phenoxy) is 1. The Morgan fingerprint density at radius 3 is 2.48 bits per heavy atom. The predicted octanol–water partition coefficient (Wildman–Crippen LogP) is 6.45. The number of nitrogens with one attached hydrogen (secondary N) is 1. The van der Waals surface area contributed by atoms with Gasteiger partial charge in [0, 0.05) is 37.9 Å².